The molecule has 0 aromatic heterocycles. The molecule has 0 amide bonds. The first-order chi connectivity index (χ1) is 8.28. The zero-order valence-electron chi connectivity index (χ0n) is 10.6. The summed E-state index contributed by atoms with van der Waals surface area (Å²) in [7, 11) is 0. The molecular formula is C15H22N2. The van der Waals surface area contributed by atoms with Gasteiger partial charge in [-0.05, 0) is 57.2 Å². The van der Waals surface area contributed by atoms with Crippen molar-refractivity contribution in [3.63, 3.8) is 0 Å². The Kier molecular flexibility index (Phi) is 2.83. The lowest BCUT2D eigenvalue weighted by Crippen LogP contribution is -2.44. The molecule has 1 aromatic rings. The van der Waals surface area contributed by atoms with Gasteiger partial charge in [0.05, 0.1) is 0 Å². The van der Waals surface area contributed by atoms with Crippen molar-refractivity contribution in [2.24, 2.45) is 11.7 Å². The first-order valence-electron chi connectivity index (χ1n) is 6.83. The molecule has 0 saturated carbocycles. The van der Waals surface area contributed by atoms with Gasteiger partial charge in [-0.15, -0.1) is 0 Å². The smallest absolute Gasteiger partial charge is 0.0371 e. The Hall–Kier alpha value is -1.02. The summed E-state index contributed by atoms with van der Waals surface area (Å²) < 4.78 is 0. The predicted octanol–water partition coefficient (Wildman–Crippen LogP) is 2.70. The summed E-state index contributed by atoms with van der Waals surface area (Å²) in [6, 6.07) is 10.5. The number of aryl methyl sites for hydroxylation is 1. The molecule has 2 nitrogen and oxygen atoms in total. The number of nitrogens with zero attached hydrogens (tertiary/aromatic N) is 1. The molecule has 1 aromatic carbocycles. The van der Waals surface area contributed by atoms with E-state index in [0.29, 0.717) is 0 Å². The van der Waals surface area contributed by atoms with Crippen LogP contribution in [0.1, 0.15) is 31.2 Å². The topological polar surface area (TPSA) is 29.3 Å². The first kappa shape index (κ1) is 11.1. The first-order valence-corrected chi connectivity index (χ1v) is 6.83. The SMILES string of the molecule is Cc1ccc(N2C3CCC2CC(CN)C3)cc1. The van der Waals surface area contributed by atoms with E-state index in [1.54, 1.807) is 0 Å². The Bertz CT molecular complexity index is 370. The number of hydrogen-bond donors (Lipinski definition) is 1. The van der Waals surface area contributed by atoms with E-state index in [2.05, 4.69) is 36.1 Å². The highest BCUT2D eigenvalue weighted by Crippen LogP contribution is 2.41. The number of nitrogens with two attached hydrogens (primary N) is 1. The summed E-state index contributed by atoms with van der Waals surface area (Å²) in [5, 5.41) is 0. The quantitative estimate of drug-likeness (QED) is 0.846. The Morgan fingerprint density at radius 3 is 2.24 bits per heavy atom. The van der Waals surface area contributed by atoms with Gasteiger partial charge < -0.3 is 10.6 Å². The van der Waals surface area contributed by atoms with Crippen molar-refractivity contribution in [1.82, 2.24) is 0 Å². The van der Waals surface area contributed by atoms with Gasteiger partial charge in [-0.25, -0.2) is 0 Å². The highest BCUT2D eigenvalue weighted by atomic mass is 15.2. The van der Waals surface area contributed by atoms with E-state index in [4.69, 9.17) is 5.73 Å². The van der Waals surface area contributed by atoms with Crippen LogP contribution in [0.2, 0.25) is 0 Å². The fourth-order valence-corrected chi connectivity index (χ4v) is 3.62. The molecule has 3 rings (SSSR count). The van der Waals surface area contributed by atoms with Crippen LogP contribution in [0.4, 0.5) is 5.69 Å². The molecule has 2 heteroatoms. The average molecular weight is 230 g/mol. The molecule has 92 valence electrons. The number of rotatable bonds is 2. The minimum absolute atomic E-state index is 0.741. The predicted molar refractivity (Wildman–Crippen MR) is 72.2 cm³/mol. The van der Waals surface area contributed by atoms with E-state index < -0.39 is 0 Å². The Morgan fingerprint density at radius 1 is 1.12 bits per heavy atom. The van der Waals surface area contributed by atoms with Crippen molar-refractivity contribution in [2.75, 3.05) is 11.4 Å². The van der Waals surface area contributed by atoms with Crippen molar-refractivity contribution in [2.45, 2.75) is 44.7 Å². The van der Waals surface area contributed by atoms with E-state index in [9.17, 15) is 0 Å². The van der Waals surface area contributed by atoms with Gasteiger partial charge in [0, 0.05) is 17.8 Å². The minimum Gasteiger partial charge on any atom is -0.366 e. The highest BCUT2D eigenvalue weighted by molar-refractivity contribution is 5.51. The van der Waals surface area contributed by atoms with Gasteiger partial charge in [0.1, 0.15) is 0 Å². The molecule has 2 unspecified atom stereocenters. The fraction of sp³-hybridized carbons (Fsp3) is 0.600. The third kappa shape index (κ3) is 1.95. The lowest BCUT2D eigenvalue weighted by Gasteiger charge is -2.40. The lowest BCUT2D eigenvalue weighted by molar-refractivity contribution is 0.347. The number of fused-ring (bicyclic) bond motifs is 2. The molecule has 2 N–H and O–H groups in total. The van der Waals surface area contributed by atoms with E-state index in [0.717, 1.165) is 24.5 Å². The van der Waals surface area contributed by atoms with Crippen molar-refractivity contribution in [3.05, 3.63) is 29.8 Å². The largest absolute Gasteiger partial charge is 0.366 e. The zero-order valence-corrected chi connectivity index (χ0v) is 10.6. The van der Waals surface area contributed by atoms with Crippen LogP contribution in [0.3, 0.4) is 0 Å². The molecule has 2 bridgehead atoms. The maximum absolute atomic E-state index is 5.84. The third-order valence-electron chi connectivity index (χ3n) is 4.50. The molecule has 17 heavy (non-hydrogen) atoms. The van der Waals surface area contributed by atoms with Crippen LogP contribution in [0.5, 0.6) is 0 Å². The molecule has 0 aliphatic carbocycles. The molecule has 0 spiro atoms. The van der Waals surface area contributed by atoms with E-state index in [1.807, 2.05) is 0 Å². The molecular weight excluding hydrogens is 208 g/mol. The summed E-state index contributed by atoms with van der Waals surface area (Å²) in [6.45, 7) is 3.02. The van der Waals surface area contributed by atoms with Crippen molar-refractivity contribution in [3.8, 4) is 0 Å². The molecule has 2 heterocycles. The number of piperidine rings is 1. The maximum Gasteiger partial charge on any atom is 0.0371 e. The van der Waals surface area contributed by atoms with Gasteiger partial charge in [-0.2, -0.15) is 0 Å². The van der Waals surface area contributed by atoms with Gasteiger partial charge in [-0.1, -0.05) is 17.7 Å². The van der Waals surface area contributed by atoms with Crippen LogP contribution >= 0.6 is 0 Å². The van der Waals surface area contributed by atoms with Crippen LogP contribution < -0.4 is 10.6 Å². The second kappa shape index (κ2) is 4.34. The van der Waals surface area contributed by atoms with E-state index >= 15 is 0 Å². The summed E-state index contributed by atoms with van der Waals surface area (Å²) in [6.07, 6.45) is 5.30. The van der Waals surface area contributed by atoms with Crippen molar-refractivity contribution in [1.29, 1.82) is 0 Å². The zero-order chi connectivity index (χ0) is 11.8. The van der Waals surface area contributed by atoms with Crippen LogP contribution in [0.15, 0.2) is 24.3 Å². The Labute approximate surface area is 104 Å². The Morgan fingerprint density at radius 2 is 1.71 bits per heavy atom. The van der Waals surface area contributed by atoms with Gasteiger partial charge in [0.2, 0.25) is 0 Å². The van der Waals surface area contributed by atoms with Crippen molar-refractivity contribution >= 4 is 5.69 Å². The summed E-state index contributed by atoms with van der Waals surface area (Å²) in [5.41, 5.74) is 8.60. The summed E-state index contributed by atoms with van der Waals surface area (Å²) >= 11 is 0. The molecule has 2 aliphatic heterocycles. The minimum atomic E-state index is 0.741. The van der Waals surface area contributed by atoms with Gasteiger partial charge >= 0.3 is 0 Å². The second-order valence-corrected chi connectivity index (χ2v) is 5.70. The average Bonchev–Trinajstić information content (AvgIpc) is 2.61. The molecule has 2 saturated heterocycles. The summed E-state index contributed by atoms with van der Waals surface area (Å²) in [4.78, 5) is 2.66. The molecule has 2 fully saturated rings. The van der Waals surface area contributed by atoms with Crippen LogP contribution in [-0.4, -0.2) is 18.6 Å². The standard InChI is InChI=1S/C15H22N2/c1-11-2-4-13(5-3-11)17-14-6-7-15(17)9-12(8-14)10-16/h2-5,12,14-15H,6-10,16H2,1H3. The van der Waals surface area contributed by atoms with E-state index in [-0.39, 0.29) is 0 Å². The van der Waals surface area contributed by atoms with Gasteiger partial charge in [-0.3, -0.25) is 0 Å². The van der Waals surface area contributed by atoms with Gasteiger partial charge in [0.15, 0.2) is 0 Å². The number of anilines is 1. The monoisotopic (exact) mass is 230 g/mol. The summed E-state index contributed by atoms with van der Waals surface area (Å²) in [5.74, 6) is 0.759. The lowest BCUT2D eigenvalue weighted by atomic mass is 9.90. The molecule has 2 aliphatic rings. The third-order valence-corrected chi connectivity index (χ3v) is 4.50. The number of benzene rings is 1. The normalized spacial score (nSPS) is 31.9. The maximum atomic E-state index is 5.84. The van der Waals surface area contributed by atoms with Crippen molar-refractivity contribution < 1.29 is 0 Å². The second-order valence-electron chi connectivity index (χ2n) is 5.70. The van der Waals surface area contributed by atoms with E-state index in [1.165, 1.54) is 36.9 Å². The number of hydrogen-bond acceptors (Lipinski definition) is 2. The van der Waals surface area contributed by atoms with Gasteiger partial charge in [0.25, 0.3) is 0 Å². The van der Waals surface area contributed by atoms with Crippen LogP contribution in [-0.2, 0) is 0 Å². The molecule has 2 atom stereocenters. The highest BCUT2D eigenvalue weighted by Gasteiger charge is 2.40. The van der Waals surface area contributed by atoms with Crippen LogP contribution in [0.25, 0.3) is 0 Å². The fourth-order valence-electron chi connectivity index (χ4n) is 3.62. The Balaban J connectivity index is 1.83. The van der Waals surface area contributed by atoms with Crippen LogP contribution in [0, 0.1) is 12.8 Å². The molecule has 0 radical (unpaired) electrons.